The summed E-state index contributed by atoms with van der Waals surface area (Å²) in [6.07, 6.45) is 0. The highest BCUT2D eigenvalue weighted by molar-refractivity contribution is 5.82. The molecule has 1 N–H and O–H groups in total. The molecular weight excluding hydrogens is 204 g/mol. The highest BCUT2D eigenvalue weighted by Gasteiger charge is 2.20. The maximum Gasteiger partial charge on any atom is 0.241 e. The van der Waals surface area contributed by atoms with E-state index in [1.54, 1.807) is 4.90 Å². The van der Waals surface area contributed by atoms with Crippen molar-refractivity contribution in [3.63, 3.8) is 0 Å². The Morgan fingerprint density at radius 1 is 1.25 bits per heavy atom. The van der Waals surface area contributed by atoms with E-state index in [0.29, 0.717) is 6.54 Å². The fraction of sp³-hybridized carbons (Fsp3) is 0.417. The SMILES string of the molecule is CN1CCN(c2ccc(CO)cc2)CC1=O. The molecule has 4 nitrogen and oxygen atoms in total. The number of likely N-dealkylation sites (N-methyl/N-ethyl adjacent to an activating group) is 1. The fourth-order valence-electron chi connectivity index (χ4n) is 1.79. The molecule has 0 unspecified atom stereocenters. The first kappa shape index (κ1) is 11.0. The van der Waals surface area contributed by atoms with Crippen molar-refractivity contribution in [3.8, 4) is 0 Å². The van der Waals surface area contributed by atoms with Gasteiger partial charge in [-0.25, -0.2) is 0 Å². The maximum atomic E-state index is 11.5. The molecule has 0 radical (unpaired) electrons. The Hall–Kier alpha value is -1.55. The number of carbonyl (C=O) groups excluding carboxylic acids is 1. The number of benzene rings is 1. The smallest absolute Gasteiger partial charge is 0.241 e. The van der Waals surface area contributed by atoms with Gasteiger partial charge in [0.1, 0.15) is 0 Å². The van der Waals surface area contributed by atoms with Gasteiger partial charge in [0.15, 0.2) is 0 Å². The van der Waals surface area contributed by atoms with Crippen LogP contribution >= 0.6 is 0 Å². The van der Waals surface area contributed by atoms with E-state index in [1.807, 2.05) is 31.3 Å². The Morgan fingerprint density at radius 2 is 1.94 bits per heavy atom. The highest BCUT2D eigenvalue weighted by Crippen LogP contribution is 2.17. The molecule has 0 aromatic heterocycles. The first-order chi connectivity index (χ1) is 7.70. The van der Waals surface area contributed by atoms with Gasteiger partial charge in [-0.3, -0.25) is 4.79 Å². The van der Waals surface area contributed by atoms with Crippen molar-refractivity contribution < 1.29 is 9.90 Å². The van der Waals surface area contributed by atoms with Gasteiger partial charge >= 0.3 is 0 Å². The van der Waals surface area contributed by atoms with E-state index in [2.05, 4.69) is 4.90 Å². The quantitative estimate of drug-likeness (QED) is 0.787. The molecule has 1 saturated heterocycles. The zero-order chi connectivity index (χ0) is 11.5. The molecule has 86 valence electrons. The van der Waals surface area contributed by atoms with Crippen LogP contribution in [0.2, 0.25) is 0 Å². The van der Waals surface area contributed by atoms with Crippen molar-refractivity contribution in [1.82, 2.24) is 4.90 Å². The van der Waals surface area contributed by atoms with Crippen LogP contribution in [-0.2, 0) is 11.4 Å². The molecule has 0 saturated carbocycles. The van der Waals surface area contributed by atoms with E-state index >= 15 is 0 Å². The second-order valence-electron chi connectivity index (χ2n) is 4.06. The zero-order valence-electron chi connectivity index (χ0n) is 9.39. The summed E-state index contributed by atoms with van der Waals surface area (Å²) in [7, 11) is 1.83. The minimum atomic E-state index is 0.0575. The van der Waals surface area contributed by atoms with Gasteiger partial charge in [0.25, 0.3) is 0 Å². The minimum absolute atomic E-state index is 0.0575. The number of amides is 1. The summed E-state index contributed by atoms with van der Waals surface area (Å²) in [5.74, 6) is 0.150. The molecule has 16 heavy (non-hydrogen) atoms. The molecular formula is C12H16N2O2. The summed E-state index contributed by atoms with van der Waals surface area (Å²) in [6, 6.07) is 7.67. The van der Waals surface area contributed by atoms with Gasteiger partial charge < -0.3 is 14.9 Å². The van der Waals surface area contributed by atoms with Gasteiger partial charge in [-0.1, -0.05) is 12.1 Å². The summed E-state index contributed by atoms with van der Waals surface area (Å²) in [5, 5.41) is 8.94. The van der Waals surface area contributed by atoms with Crippen LogP contribution < -0.4 is 4.90 Å². The topological polar surface area (TPSA) is 43.8 Å². The van der Waals surface area contributed by atoms with Gasteiger partial charge in [-0.15, -0.1) is 0 Å². The van der Waals surface area contributed by atoms with Gasteiger partial charge in [0.05, 0.1) is 13.2 Å². The number of piperazine rings is 1. The second-order valence-corrected chi connectivity index (χ2v) is 4.06. The number of hydrogen-bond donors (Lipinski definition) is 1. The van der Waals surface area contributed by atoms with E-state index < -0.39 is 0 Å². The average molecular weight is 220 g/mol. The molecule has 2 rings (SSSR count). The molecule has 4 heteroatoms. The highest BCUT2D eigenvalue weighted by atomic mass is 16.3. The minimum Gasteiger partial charge on any atom is -0.392 e. The van der Waals surface area contributed by atoms with E-state index in [4.69, 9.17) is 5.11 Å². The normalized spacial score (nSPS) is 16.8. The third kappa shape index (κ3) is 2.17. The van der Waals surface area contributed by atoms with E-state index in [1.165, 1.54) is 0 Å². The molecule has 1 fully saturated rings. The molecule has 1 amide bonds. The van der Waals surface area contributed by atoms with Gasteiger partial charge in [0.2, 0.25) is 5.91 Å². The lowest BCUT2D eigenvalue weighted by molar-refractivity contribution is -0.129. The van der Waals surface area contributed by atoms with Crippen LogP contribution in [0.4, 0.5) is 5.69 Å². The van der Waals surface area contributed by atoms with Gasteiger partial charge in [-0.05, 0) is 17.7 Å². The molecule has 1 aliphatic rings. The monoisotopic (exact) mass is 220 g/mol. The number of aliphatic hydroxyl groups excluding tert-OH is 1. The third-order valence-electron chi connectivity index (χ3n) is 2.94. The summed E-state index contributed by atoms with van der Waals surface area (Å²) in [4.78, 5) is 15.4. The summed E-state index contributed by atoms with van der Waals surface area (Å²) < 4.78 is 0. The molecule has 0 aliphatic carbocycles. The number of carbonyl (C=O) groups is 1. The molecule has 0 atom stereocenters. The number of nitrogens with zero attached hydrogens (tertiary/aromatic N) is 2. The van der Waals surface area contributed by atoms with Crippen molar-refractivity contribution in [2.45, 2.75) is 6.61 Å². The number of hydrogen-bond acceptors (Lipinski definition) is 3. The van der Waals surface area contributed by atoms with E-state index in [-0.39, 0.29) is 12.5 Å². The molecule has 1 heterocycles. The first-order valence-electron chi connectivity index (χ1n) is 5.39. The Labute approximate surface area is 95.1 Å². The summed E-state index contributed by atoms with van der Waals surface area (Å²) in [5.41, 5.74) is 1.93. The Kier molecular flexibility index (Phi) is 3.10. The Bertz CT molecular complexity index is 375. The Balaban J connectivity index is 2.09. The lowest BCUT2D eigenvalue weighted by Crippen LogP contribution is -2.48. The van der Waals surface area contributed by atoms with Crippen molar-refractivity contribution in [2.75, 3.05) is 31.6 Å². The van der Waals surface area contributed by atoms with E-state index in [0.717, 1.165) is 24.3 Å². The zero-order valence-corrected chi connectivity index (χ0v) is 9.39. The predicted molar refractivity (Wildman–Crippen MR) is 62.2 cm³/mol. The predicted octanol–water partition coefficient (Wildman–Crippen LogP) is 0.457. The lowest BCUT2D eigenvalue weighted by atomic mass is 10.2. The van der Waals surface area contributed by atoms with Crippen LogP contribution in [0, 0.1) is 0 Å². The molecule has 1 aromatic rings. The maximum absolute atomic E-state index is 11.5. The molecule has 0 spiro atoms. The molecule has 1 aliphatic heterocycles. The number of rotatable bonds is 2. The Morgan fingerprint density at radius 3 is 2.50 bits per heavy atom. The van der Waals surface area contributed by atoms with Crippen LogP contribution in [0.1, 0.15) is 5.56 Å². The van der Waals surface area contributed by atoms with Crippen LogP contribution in [-0.4, -0.2) is 42.6 Å². The van der Waals surface area contributed by atoms with Crippen molar-refractivity contribution >= 4 is 11.6 Å². The van der Waals surface area contributed by atoms with Crippen molar-refractivity contribution in [2.24, 2.45) is 0 Å². The number of aliphatic hydroxyl groups is 1. The molecule has 0 bridgehead atoms. The van der Waals surface area contributed by atoms with Gasteiger partial charge in [0, 0.05) is 25.8 Å². The molecule has 1 aromatic carbocycles. The van der Waals surface area contributed by atoms with E-state index in [9.17, 15) is 4.79 Å². The summed E-state index contributed by atoms with van der Waals surface area (Å²) >= 11 is 0. The fourth-order valence-corrected chi connectivity index (χ4v) is 1.79. The third-order valence-corrected chi connectivity index (χ3v) is 2.94. The van der Waals surface area contributed by atoms with Crippen LogP contribution in [0.5, 0.6) is 0 Å². The average Bonchev–Trinajstić information content (AvgIpc) is 2.33. The van der Waals surface area contributed by atoms with Gasteiger partial charge in [-0.2, -0.15) is 0 Å². The second kappa shape index (κ2) is 4.53. The van der Waals surface area contributed by atoms with Crippen LogP contribution in [0.15, 0.2) is 24.3 Å². The van der Waals surface area contributed by atoms with Crippen molar-refractivity contribution in [1.29, 1.82) is 0 Å². The van der Waals surface area contributed by atoms with Crippen LogP contribution in [0.25, 0.3) is 0 Å². The lowest BCUT2D eigenvalue weighted by Gasteiger charge is -2.33. The summed E-state index contributed by atoms with van der Waals surface area (Å²) in [6.45, 7) is 2.12. The number of anilines is 1. The van der Waals surface area contributed by atoms with Crippen LogP contribution in [0.3, 0.4) is 0 Å². The van der Waals surface area contributed by atoms with Crippen molar-refractivity contribution in [3.05, 3.63) is 29.8 Å². The first-order valence-corrected chi connectivity index (χ1v) is 5.39. The largest absolute Gasteiger partial charge is 0.392 e. The standard InChI is InChI=1S/C12H16N2O2/c1-13-6-7-14(8-12(13)16)11-4-2-10(9-15)3-5-11/h2-5,15H,6-9H2,1H3.